The number of morpholine rings is 1. The summed E-state index contributed by atoms with van der Waals surface area (Å²) in [6, 6.07) is 8.82. The number of anilines is 1. The van der Waals surface area contributed by atoms with Gasteiger partial charge in [-0.1, -0.05) is 17.7 Å². The Kier molecular flexibility index (Phi) is 10.6. The van der Waals surface area contributed by atoms with Crippen molar-refractivity contribution in [1.29, 1.82) is 0 Å². The summed E-state index contributed by atoms with van der Waals surface area (Å²) in [6.07, 6.45) is 2.36. The Bertz CT molecular complexity index is 724. The van der Waals surface area contributed by atoms with Crippen LogP contribution in [-0.2, 0) is 4.74 Å². The van der Waals surface area contributed by atoms with Gasteiger partial charge < -0.3 is 19.9 Å². The summed E-state index contributed by atoms with van der Waals surface area (Å²) < 4.78 is 5.50. The Morgan fingerprint density at radius 3 is 2.62 bits per heavy atom. The van der Waals surface area contributed by atoms with Crippen LogP contribution < -0.4 is 10.2 Å². The Morgan fingerprint density at radius 2 is 1.91 bits per heavy atom. The highest BCUT2D eigenvalue weighted by molar-refractivity contribution is 14.0. The zero-order chi connectivity index (χ0) is 21.5. The molecule has 0 amide bonds. The first kappa shape index (κ1) is 25.8. The van der Waals surface area contributed by atoms with Crippen LogP contribution in [0.3, 0.4) is 0 Å². The molecule has 1 aromatic rings. The summed E-state index contributed by atoms with van der Waals surface area (Å²) in [7, 11) is 1.90. The fourth-order valence-electron chi connectivity index (χ4n) is 4.91. The van der Waals surface area contributed by atoms with Crippen LogP contribution in [-0.4, -0.2) is 112 Å². The number of ether oxygens (including phenoxy) is 1. The number of piperazine rings is 1. The number of halogens is 2. The molecular formula is C23H38ClIN6O. The van der Waals surface area contributed by atoms with Gasteiger partial charge in [0.15, 0.2) is 5.96 Å². The maximum Gasteiger partial charge on any atom is 0.193 e. The monoisotopic (exact) mass is 576 g/mol. The molecule has 32 heavy (non-hydrogen) atoms. The molecule has 0 bridgehead atoms. The molecule has 1 atom stereocenters. The summed E-state index contributed by atoms with van der Waals surface area (Å²) in [5.41, 5.74) is 1.23. The fraction of sp³-hybridized carbons (Fsp3) is 0.696. The van der Waals surface area contributed by atoms with E-state index in [1.165, 1.54) is 12.1 Å². The van der Waals surface area contributed by atoms with E-state index in [1.807, 2.05) is 19.2 Å². The molecule has 3 fully saturated rings. The topological polar surface area (TPSA) is 46.6 Å². The van der Waals surface area contributed by atoms with E-state index in [1.54, 1.807) is 0 Å². The minimum atomic E-state index is 0. The highest BCUT2D eigenvalue weighted by Crippen LogP contribution is 2.21. The van der Waals surface area contributed by atoms with E-state index in [2.05, 4.69) is 42.0 Å². The fourth-order valence-corrected chi connectivity index (χ4v) is 5.10. The lowest BCUT2D eigenvalue weighted by atomic mass is 10.2. The molecule has 1 N–H and O–H groups in total. The quantitative estimate of drug-likeness (QED) is 0.243. The maximum absolute atomic E-state index is 6.14. The predicted molar refractivity (Wildman–Crippen MR) is 144 cm³/mol. The first-order chi connectivity index (χ1) is 15.2. The molecular weight excluding hydrogens is 539 g/mol. The van der Waals surface area contributed by atoms with Gasteiger partial charge in [-0.3, -0.25) is 14.8 Å². The molecule has 1 unspecified atom stereocenters. The second kappa shape index (κ2) is 13.2. The smallest absolute Gasteiger partial charge is 0.193 e. The van der Waals surface area contributed by atoms with Crippen molar-refractivity contribution in [3.05, 3.63) is 29.3 Å². The number of aliphatic imine (C=N–C) groups is 1. The van der Waals surface area contributed by atoms with E-state index in [0.717, 1.165) is 96.1 Å². The van der Waals surface area contributed by atoms with E-state index < -0.39 is 0 Å². The third-order valence-electron chi connectivity index (χ3n) is 6.72. The molecule has 9 heteroatoms. The second-order valence-corrected chi connectivity index (χ2v) is 9.11. The van der Waals surface area contributed by atoms with Gasteiger partial charge in [0.05, 0.1) is 13.2 Å². The molecule has 180 valence electrons. The summed E-state index contributed by atoms with van der Waals surface area (Å²) in [4.78, 5) is 14.5. The average molecular weight is 577 g/mol. The lowest BCUT2D eigenvalue weighted by molar-refractivity contribution is 0.0195. The minimum Gasteiger partial charge on any atom is -0.379 e. The molecule has 0 aromatic heterocycles. The Hall–Kier alpha value is -0.810. The molecule has 3 aliphatic rings. The number of rotatable bonds is 6. The summed E-state index contributed by atoms with van der Waals surface area (Å²) in [5, 5.41) is 4.41. The van der Waals surface area contributed by atoms with Gasteiger partial charge in [0, 0.05) is 82.7 Å². The molecule has 3 saturated heterocycles. The van der Waals surface area contributed by atoms with Gasteiger partial charge in [0.25, 0.3) is 0 Å². The minimum absolute atomic E-state index is 0. The SMILES string of the molecule is CN=C(NCCCN1CCN(c2cccc(Cl)c2)CC1)N1CCC(N2CCOCC2)C1.I. The van der Waals surface area contributed by atoms with Crippen LogP contribution in [0.5, 0.6) is 0 Å². The number of nitrogens with zero attached hydrogens (tertiary/aromatic N) is 5. The third-order valence-corrected chi connectivity index (χ3v) is 6.95. The molecule has 0 spiro atoms. The summed E-state index contributed by atoms with van der Waals surface area (Å²) in [6.45, 7) is 12.5. The first-order valence-electron chi connectivity index (χ1n) is 11.7. The molecule has 3 heterocycles. The molecule has 7 nitrogen and oxygen atoms in total. The van der Waals surface area contributed by atoms with Crippen molar-refractivity contribution >= 4 is 47.2 Å². The van der Waals surface area contributed by atoms with Crippen molar-refractivity contribution in [3.8, 4) is 0 Å². The molecule has 0 saturated carbocycles. The average Bonchev–Trinajstić information content (AvgIpc) is 3.30. The van der Waals surface area contributed by atoms with Crippen LogP contribution in [0.15, 0.2) is 29.3 Å². The number of nitrogens with one attached hydrogen (secondary N) is 1. The molecule has 4 rings (SSSR count). The maximum atomic E-state index is 6.14. The van der Waals surface area contributed by atoms with Crippen LogP contribution >= 0.6 is 35.6 Å². The van der Waals surface area contributed by atoms with E-state index >= 15 is 0 Å². The molecule has 0 radical (unpaired) electrons. The Balaban J connectivity index is 0.00000289. The largest absolute Gasteiger partial charge is 0.379 e. The van der Waals surface area contributed by atoms with E-state index in [-0.39, 0.29) is 24.0 Å². The normalized spacial score (nSPS) is 23.3. The van der Waals surface area contributed by atoms with Crippen LogP contribution in [0.25, 0.3) is 0 Å². The molecule has 3 aliphatic heterocycles. The van der Waals surface area contributed by atoms with Crippen molar-refractivity contribution in [2.75, 3.05) is 90.6 Å². The number of benzene rings is 1. The Labute approximate surface area is 215 Å². The predicted octanol–water partition coefficient (Wildman–Crippen LogP) is 2.45. The van der Waals surface area contributed by atoms with Crippen molar-refractivity contribution in [2.45, 2.75) is 18.9 Å². The van der Waals surface area contributed by atoms with Gasteiger partial charge in [-0.25, -0.2) is 0 Å². The van der Waals surface area contributed by atoms with Gasteiger partial charge in [0.1, 0.15) is 0 Å². The highest BCUT2D eigenvalue weighted by atomic mass is 127. The molecule has 1 aromatic carbocycles. The van der Waals surface area contributed by atoms with E-state index in [0.29, 0.717) is 6.04 Å². The van der Waals surface area contributed by atoms with Crippen LogP contribution in [0.4, 0.5) is 5.69 Å². The lowest BCUT2D eigenvalue weighted by Gasteiger charge is -2.36. The van der Waals surface area contributed by atoms with Crippen molar-refractivity contribution in [2.24, 2.45) is 4.99 Å². The van der Waals surface area contributed by atoms with Crippen molar-refractivity contribution in [3.63, 3.8) is 0 Å². The van der Waals surface area contributed by atoms with Gasteiger partial charge in [-0.05, 0) is 37.6 Å². The molecule has 0 aliphatic carbocycles. The van der Waals surface area contributed by atoms with Gasteiger partial charge >= 0.3 is 0 Å². The van der Waals surface area contributed by atoms with Gasteiger partial charge in [-0.2, -0.15) is 0 Å². The van der Waals surface area contributed by atoms with Crippen LogP contribution in [0.2, 0.25) is 5.02 Å². The van der Waals surface area contributed by atoms with Crippen molar-refractivity contribution in [1.82, 2.24) is 20.0 Å². The van der Waals surface area contributed by atoms with E-state index in [4.69, 9.17) is 16.3 Å². The number of guanidine groups is 1. The van der Waals surface area contributed by atoms with Gasteiger partial charge in [0.2, 0.25) is 0 Å². The van der Waals surface area contributed by atoms with Gasteiger partial charge in [-0.15, -0.1) is 24.0 Å². The summed E-state index contributed by atoms with van der Waals surface area (Å²) >= 11 is 6.14. The summed E-state index contributed by atoms with van der Waals surface area (Å²) in [5.74, 6) is 1.06. The standard InChI is InChI=1S/C23H37ClN6O.HI/c1-25-23(30-9-6-22(19-30)29-14-16-31-17-15-29)26-7-3-8-27-10-12-28(13-11-27)21-5-2-4-20(24)18-21;/h2,4-5,18,22H,3,6-17,19H2,1H3,(H,25,26);1H. The zero-order valence-electron chi connectivity index (χ0n) is 19.2. The lowest BCUT2D eigenvalue weighted by Crippen LogP contribution is -2.48. The number of hydrogen-bond donors (Lipinski definition) is 1. The second-order valence-electron chi connectivity index (χ2n) is 8.67. The first-order valence-corrected chi connectivity index (χ1v) is 12.1. The third kappa shape index (κ3) is 7.09. The number of likely N-dealkylation sites (tertiary alicyclic amines) is 1. The van der Waals surface area contributed by atoms with E-state index in [9.17, 15) is 0 Å². The van der Waals surface area contributed by atoms with Crippen molar-refractivity contribution < 1.29 is 4.74 Å². The highest BCUT2D eigenvalue weighted by Gasteiger charge is 2.30. The number of hydrogen-bond acceptors (Lipinski definition) is 5. The Morgan fingerprint density at radius 1 is 1.12 bits per heavy atom. The van der Waals surface area contributed by atoms with Crippen LogP contribution in [0.1, 0.15) is 12.8 Å². The van der Waals surface area contributed by atoms with Crippen LogP contribution in [0, 0.1) is 0 Å². The zero-order valence-corrected chi connectivity index (χ0v) is 22.3.